The minimum Gasteiger partial charge on any atom is -0.439 e. The molecule has 0 aliphatic carbocycles. The Kier molecular flexibility index (Phi) is 15.5. The molecule has 4 rings (SSSR count). The first-order valence-electron chi connectivity index (χ1n) is 18.2. The zero-order valence-electron chi connectivity index (χ0n) is 27.9. The van der Waals surface area contributed by atoms with Gasteiger partial charge in [-0.15, -0.1) is 0 Å². The topological polar surface area (TPSA) is 29.5 Å². The number of allylic oxidation sites excluding steroid dienone is 2. The summed E-state index contributed by atoms with van der Waals surface area (Å²) in [5.41, 5.74) is 3.24. The molecular formula is C40H59N2O2+. The molecule has 1 aliphatic heterocycles. The molecule has 1 aromatic heterocycles. The number of oxazole rings is 1. The van der Waals surface area contributed by atoms with Crippen LogP contribution in [0.2, 0.25) is 0 Å². The molecule has 2 heterocycles. The molecule has 0 unspecified atom stereocenters. The monoisotopic (exact) mass is 599 g/mol. The zero-order valence-corrected chi connectivity index (χ0v) is 27.9. The number of benzene rings is 2. The fourth-order valence-electron chi connectivity index (χ4n) is 6.42. The fraction of sp³-hybridized carbons (Fsp3) is 0.575. The van der Waals surface area contributed by atoms with Crippen LogP contribution < -0.4 is 14.2 Å². The van der Waals surface area contributed by atoms with Crippen molar-refractivity contribution in [1.82, 2.24) is 0 Å². The Labute approximate surface area is 268 Å². The summed E-state index contributed by atoms with van der Waals surface area (Å²) >= 11 is 0. The van der Waals surface area contributed by atoms with E-state index in [9.17, 15) is 0 Å². The third kappa shape index (κ3) is 10.9. The quantitative estimate of drug-likeness (QED) is 0.0802. The first kappa shape index (κ1) is 33.9. The van der Waals surface area contributed by atoms with Crippen molar-refractivity contribution in [3.63, 3.8) is 0 Å². The molecule has 44 heavy (non-hydrogen) atoms. The predicted octanol–water partition coefficient (Wildman–Crippen LogP) is 11.9. The molecule has 2 aromatic carbocycles. The van der Waals surface area contributed by atoms with Gasteiger partial charge in [-0.05, 0) is 36.8 Å². The second kappa shape index (κ2) is 20.1. The van der Waals surface area contributed by atoms with E-state index in [1.807, 2.05) is 18.2 Å². The van der Waals surface area contributed by atoms with E-state index >= 15 is 0 Å². The second-order valence-corrected chi connectivity index (χ2v) is 12.7. The smallest absolute Gasteiger partial charge is 0.374 e. The number of nitrogens with zero attached hydrogens (tertiary/aromatic N) is 2. The van der Waals surface area contributed by atoms with E-state index in [1.54, 1.807) is 0 Å². The number of para-hydroxylation sites is 4. The molecule has 1 aliphatic rings. The van der Waals surface area contributed by atoms with Crippen LogP contribution >= 0.6 is 0 Å². The predicted molar refractivity (Wildman–Crippen MR) is 187 cm³/mol. The van der Waals surface area contributed by atoms with Gasteiger partial charge in [0.15, 0.2) is 12.3 Å². The van der Waals surface area contributed by atoms with E-state index in [-0.39, 0.29) is 0 Å². The number of anilines is 1. The molecule has 0 saturated carbocycles. The zero-order chi connectivity index (χ0) is 30.7. The van der Waals surface area contributed by atoms with Gasteiger partial charge in [0.2, 0.25) is 11.5 Å². The van der Waals surface area contributed by atoms with Gasteiger partial charge in [-0.2, -0.15) is 4.57 Å². The SMILES string of the molecule is CCCCCCCCCCCCCCCCCCCCN1C(=CC=Cc2oc3ccccc3[n+]2CCC)Oc2ccccc21. The van der Waals surface area contributed by atoms with Crippen LogP contribution in [0, 0.1) is 0 Å². The molecule has 0 radical (unpaired) electrons. The highest BCUT2D eigenvalue weighted by Crippen LogP contribution is 2.38. The van der Waals surface area contributed by atoms with E-state index < -0.39 is 0 Å². The maximum absolute atomic E-state index is 6.28. The molecule has 240 valence electrons. The Balaban J connectivity index is 1.12. The minimum absolute atomic E-state index is 0.871. The molecule has 0 N–H and O–H groups in total. The minimum atomic E-state index is 0.871. The average Bonchev–Trinajstić information content (AvgIpc) is 3.58. The molecule has 0 saturated heterocycles. The van der Waals surface area contributed by atoms with Crippen molar-refractivity contribution in [3.05, 3.63) is 72.5 Å². The normalized spacial score (nSPS) is 13.9. The van der Waals surface area contributed by atoms with Gasteiger partial charge in [0.1, 0.15) is 0 Å². The highest BCUT2D eigenvalue weighted by Gasteiger charge is 2.25. The highest BCUT2D eigenvalue weighted by molar-refractivity contribution is 5.70. The van der Waals surface area contributed by atoms with Crippen LogP contribution in [-0.2, 0) is 6.54 Å². The Bertz CT molecular complexity index is 1270. The lowest BCUT2D eigenvalue weighted by Gasteiger charge is -2.18. The van der Waals surface area contributed by atoms with Crippen LogP contribution in [0.4, 0.5) is 5.69 Å². The Morgan fingerprint density at radius 1 is 0.636 bits per heavy atom. The molecule has 0 amide bonds. The lowest BCUT2D eigenvalue weighted by Crippen LogP contribution is -2.34. The van der Waals surface area contributed by atoms with E-state index in [1.165, 1.54) is 121 Å². The summed E-state index contributed by atoms with van der Waals surface area (Å²) in [5, 5.41) is 0. The summed E-state index contributed by atoms with van der Waals surface area (Å²) in [5.74, 6) is 2.71. The van der Waals surface area contributed by atoms with Gasteiger partial charge in [0.25, 0.3) is 5.52 Å². The van der Waals surface area contributed by atoms with Crippen LogP contribution in [0.25, 0.3) is 17.2 Å². The largest absolute Gasteiger partial charge is 0.439 e. The van der Waals surface area contributed by atoms with E-state index in [2.05, 4.69) is 71.9 Å². The van der Waals surface area contributed by atoms with Crippen LogP contribution in [0.1, 0.15) is 142 Å². The first-order valence-corrected chi connectivity index (χ1v) is 18.2. The van der Waals surface area contributed by atoms with Crippen molar-refractivity contribution >= 4 is 22.9 Å². The van der Waals surface area contributed by atoms with Crippen LogP contribution in [0.15, 0.2) is 71.0 Å². The number of hydrogen-bond donors (Lipinski definition) is 0. The Hall–Kier alpha value is -3.01. The van der Waals surface area contributed by atoms with Crippen molar-refractivity contribution in [2.45, 2.75) is 142 Å². The molecule has 4 heteroatoms. The summed E-state index contributed by atoms with van der Waals surface area (Å²) < 4.78 is 14.7. The van der Waals surface area contributed by atoms with Gasteiger partial charge >= 0.3 is 5.89 Å². The van der Waals surface area contributed by atoms with E-state index in [0.717, 1.165) is 48.1 Å². The highest BCUT2D eigenvalue weighted by atomic mass is 16.5. The molecule has 0 bridgehead atoms. The molecule has 0 spiro atoms. The number of aryl methyl sites for hydroxylation is 1. The fourth-order valence-corrected chi connectivity index (χ4v) is 6.42. The van der Waals surface area contributed by atoms with E-state index in [0.29, 0.717) is 0 Å². The van der Waals surface area contributed by atoms with Crippen molar-refractivity contribution in [2.75, 3.05) is 11.4 Å². The van der Waals surface area contributed by atoms with Crippen molar-refractivity contribution in [2.24, 2.45) is 0 Å². The number of ether oxygens (including phenoxy) is 1. The van der Waals surface area contributed by atoms with Gasteiger partial charge < -0.3 is 14.1 Å². The lowest BCUT2D eigenvalue weighted by molar-refractivity contribution is -0.678. The van der Waals surface area contributed by atoms with Gasteiger partial charge in [-0.3, -0.25) is 0 Å². The molecule has 0 fully saturated rings. The first-order chi connectivity index (χ1) is 21.8. The Morgan fingerprint density at radius 2 is 1.20 bits per heavy atom. The standard InChI is InChI=1S/C40H59N2O2/c1-3-5-6-7-8-9-10-11-12-13-14-15-16-17-18-19-20-25-34-42-36-28-22-24-30-38(36)44-40(42)32-26-31-39-41(33-4-2)35-27-21-23-29-37(35)43-39/h21-24,26-32H,3-20,25,33-34H2,1-2H3/q+1. The number of aromatic nitrogens is 1. The van der Waals surface area contributed by atoms with Gasteiger partial charge in [0.05, 0.1) is 11.8 Å². The number of hydrogen-bond acceptors (Lipinski definition) is 3. The van der Waals surface area contributed by atoms with E-state index in [4.69, 9.17) is 9.15 Å². The average molecular weight is 600 g/mol. The third-order valence-corrected chi connectivity index (χ3v) is 8.93. The Morgan fingerprint density at radius 3 is 1.84 bits per heavy atom. The molecular weight excluding hydrogens is 540 g/mol. The molecule has 3 aromatic rings. The van der Waals surface area contributed by atoms with Crippen LogP contribution in [0.5, 0.6) is 5.75 Å². The summed E-state index contributed by atoms with van der Waals surface area (Å²) in [7, 11) is 0. The second-order valence-electron chi connectivity index (χ2n) is 12.7. The van der Waals surface area contributed by atoms with Crippen molar-refractivity contribution in [3.8, 4) is 5.75 Å². The van der Waals surface area contributed by atoms with Gasteiger partial charge in [0, 0.05) is 19.0 Å². The summed E-state index contributed by atoms with van der Waals surface area (Å²) in [6, 6.07) is 16.6. The van der Waals surface area contributed by atoms with Gasteiger partial charge in [-0.1, -0.05) is 147 Å². The summed E-state index contributed by atoms with van der Waals surface area (Å²) in [6.07, 6.45) is 32.5. The number of rotatable bonds is 23. The molecule has 4 nitrogen and oxygen atoms in total. The molecule has 0 atom stereocenters. The van der Waals surface area contributed by atoms with Crippen molar-refractivity contribution < 1.29 is 13.7 Å². The maximum Gasteiger partial charge on any atom is 0.374 e. The lowest BCUT2D eigenvalue weighted by atomic mass is 10.0. The van der Waals surface area contributed by atoms with Crippen LogP contribution in [0.3, 0.4) is 0 Å². The summed E-state index contributed by atoms with van der Waals surface area (Å²) in [6.45, 7) is 6.41. The van der Waals surface area contributed by atoms with Gasteiger partial charge in [-0.25, -0.2) is 0 Å². The third-order valence-electron chi connectivity index (χ3n) is 8.93. The maximum atomic E-state index is 6.28. The number of unbranched alkanes of at least 4 members (excludes halogenated alkanes) is 17. The number of fused-ring (bicyclic) bond motifs is 2. The van der Waals surface area contributed by atoms with Crippen molar-refractivity contribution in [1.29, 1.82) is 0 Å². The van der Waals surface area contributed by atoms with Crippen LogP contribution in [-0.4, -0.2) is 6.54 Å². The summed E-state index contributed by atoms with van der Waals surface area (Å²) in [4.78, 5) is 2.34.